The van der Waals surface area contributed by atoms with Crippen LogP contribution in [0.25, 0.3) is 6.08 Å². The third-order valence-electron chi connectivity index (χ3n) is 2.53. The lowest BCUT2D eigenvalue weighted by Crippen LogP contribution is -2.04. The number of methoxy groups -OCH3 is 1. The Balaban J connectivity index is 2.27. The second-order valence-corrected chi connectivity index (χ2v) is 3.50. The van der Waals surface area contributed by atoms with Gasteiger partial charge in [0.05, 0.1) is 18.9 Å². The average molecular weight is 220 g/mol. The van der Waals surface area contributed by atoms with E-state index >= 15 is 0 Å². The molecule has 84 valence electrons. The smallest absolute Gasteiger partial charge is 0.337 e. The molecule has 2 rings (SSSR count). The van der Waals surface area contributed by atoms with Gasteiger partial charge in [-0.2, -0.15) is 0 Å². The molecule has 1 aliphatic rings. The van der Waals surface area contributed by atoms with E-state index in [1.165, 1.54) is 7.11 Å². The summed E-state index contributed by atoms with van der Waals surface area (Å²) in [5, 5.41) is 9.82. The van der Waals surface area contributed by atoms with Crippen LogP contribution in [0.15, 0.2) is 39.7 Å². The highest BCUT2D eigenvalue weighted by Gasteiger charge is 2.25. The molecule has 1 aromatic rings. The van der Waals surface area contributed by atoms with Crippen molar-refractivity contribution in [2.45, 2.75) is 12.8 Å². The summed E-state index contributed by atoms with van der Waals surface area (Å²) in [4.78, 5) is 11.3. The summed E-state index contributed by atoms with van der Waals surface area (Å²) >= 11 is 0. The Morgan fingerprint density at radius 1 is 1.56 bits per heavy atom. The molecule has 0 amide bonds. The minimum absolute atomic E-state index is 0.0169. The van der Waals surface area contributed by atoms with Crippen molar-refractivity contribution < 1.29 is 19.1 Å². The van der Waals surface area contributed by atoms with Crippen molar-refractivity contribution in [2.24, 2.45) is 0 Å². The van der Waals surface area contributed by atoms with Crippen LogP contribution in [-0.2, 0) is 9.53 Å². The molecule has 1 aromatic heterocycles. The molecule has 0 fully saturated rings. The number of esters is 1. The van der Waals surface area contributed by atoms with Crippen LogP contribution in [0.2, 0.25) is 0 Å². The highest BCUT2D eigenvalue weighted by Crippen LogP contribution is 2.31. The van der Waals surface area contributed by atoms with Crippen molar-refractivity contribution in [1.29, 1.82) is 0 Å². The van der Waals surface area contributed by atoms with E-state index in [1.54, 1.807) is 24.5 Å². The van der Waals surface area contributed by atoms with E-state index in [0.29, 0.717) is 29.7 Å². The van der Waals surface area contributed by atoms with Crippen molar-refractivity contribution in [2.75, 3.05) is 7.11 Å². The maximum Gasteiger partial charge on any atom is 0.337 e. The highest BCUT2D eigenvalue weighted by atomic mass is 16.5. The fourth-order valence-corrected chi connectivity index (χ4v) is 1.70. The van der Waals surface area contributed by atoms with Crippen LogP contribution in [0.1, 0.15) is 18.6 Å². The molecule has 1 aliphatic carbocycles. The summed E-state index contributed by atoms with van der Waals surface area (Å²) in [7, 11) is 1.30. The van der Waals surface area contributed by atoms with E-state index in [4.69, 9.17) is 4.42 Å². The molecule has 0 radical (unpaired) electrons. The van der Waals surface area contributed by atoms with Gasteiger partial charge in [0, 0.05) is 0 Å². The molecular weight excluding hydrogens is 208 g/mol. The second kappa shape index (κ2) is 4.26. The Morgan fingerprint density at radius 3 is 3.00 bits per heavy atom. The highest BCUT2D eigenvalue weighted by molar-refractivity contribution is 5.91. The predicted octanol–water partition coefficient (Wildman–Crippen LogP) is 2.44. The number of aliphatic hydroxyl groups is 1. The summed E-state index contributed by atoms with van der Waals surface area (Å²) in [6, 6.07) is 3.56. The fraction of sp³-hybridized carbons (Fsp3) is 0.250. The van der Waals surface area contributed by atoms with Crippen molar-refractivity contribution in [3.63, 3.8) is 0 Å². The van der Waals surface area contributed by atoms with Gasteiger partial charge in [0.25, 0.3) is 0 Å². The van der Waals surface area contributed by atoms with Crippen LogP contribution in [0.3, 0.4) is 0 Å². The summed E-state index contributed by atoms with van der Waals surface area (Å²) in [5.74, 6) is 0.205. The number of ether oxygens (including phenoxy) is 1. The monoisotopic (exact) mass is 220 g/mol. The molecule has 0 atom stereocenters. The molecule has 4 nitrogen and oxygen atoms in total. The van der Waals surface area contributed by atoms with Crippen molar-refractivity contribution in [3.05, 3.63) is 41.1 Å². The van der Waals surface area contributed by atoms with E-state index in [-0.39, 0.29) is 5.76 Å². The Kier molecular flexibility index (Phi) is 2.81. The molecule has 1 N–H and O–H groups in total. The molecule has 0 aliphatic heterocycles. The molecule has 0 unspecified atom stereocenters. The third-order valence-corrected chi connectivity index (χ3v) is 2.53. The van der Waals surface area contributed by atoms with Crippen LogP contribution >= 0.6 is 0 Å². The maximum atomic E-state index is 11.3. The van der Waals surface area contributed by atoms with E-state index in [2.05, 4.69) is 4.74 Å². The number of hydrogen-bond donors (Lipinski definition) is 1. The molecule has 4 heteroatoms. The zero-order chi connectivity index (χ0) is 11.5. The van der Waals surface area contributed by atoms with Gasteiger partial charge in [-0.15, -0.1) is 0 Å². The van der Waals surface area contributed by atoms with Gasteiger partial charge >= 0.3 is 5.97 Å². The molecule has 0 bridgehead atoms. The van der Waals surface area contributed by atoms with E-state index in [0.717, 1.165) is 0 Å². The number of carbonyl (C=O) groups excluding carboxylic acids is 1. The van der Waals surface area contributed by atoms with Gasteiger partial charge in [-0.25, -0.2) is 4.79 Å². The average Bonchev–Trinajstić information content (AvgIpc) is 2.90. The predicted molar refractivity (Wildman–Crippen MR) is 57.6 cm³/mol. The van der Waals surface area contributed by atoms with Gasteiger partial charge < -0.3 is 14.3 Å². The number of carbonyl (C=O) groups is 1. The minimum atomic E-state index is -0.472. The van der Waals surface area contributed by atoms with Gasteiger partial charge in [-0.3, -0.25) is 0 Å². The van der Waals surface area contributed by atoms with Gasteiger partial charge in [-0.1, -0.05) is 0 Å². The number of aliphatic hydroxyl groups excluding tert-OH is 1. The first-order valence-corrected chi connectivity index (χ1v) is 4.97. The first-order valence-electron chi connectivity index (χ1n) is 4.97. The van der Waals surface area contributed by atoms with E-state index in [1.807, 2.05) is 0 Å². The normalized spacial score (nSPS) is 18.2. The van der Waals surface area contributed by atoms with Gasteiger partial charge in [-0.05, 0) is 36.6 Å². The molecule has 1 heterocycles. The van der Waals surface area contributed by atoms with E-state index in [9.17, 15) is 9.90 Å². The largest absolute Gasteiger partial charge is 0.507 e. The topological polar surface area (TPSA) is 59.7 Å². The van der Waals surface area contributed by atoms with Crippen LogP contribution in [-0.4, -0.2) is 18.2 Å². The van der Waals surface area contributed by atoms with Crippen molar-refractivity contribution in [1.82, 2.24) is 0 Å². The van der Waals surface area contributed by atoms with Gasteiger partial charge in [0.2, 0.25) is 0 Å². The van der Waals surface area contributed by atoms with Crippen molar-refractivity contribution >= 4 is 12.0 Å². The van der Waals surface area contributed by atoms with Crippen molar-refractivity contribution in [3.8, 4) is 0 Å². The first kappa shape index (κ1) is 10.5. The zero-order valence-corrected chi connectivity index (χ0v) is 8.90. The van der Waals surface area contributed by atoms with Gasteiger partial charge in [0.1, 0.15) is 11.5 Å². The molecule has 0 spiro atoms. The SMILES string of the molecule is COC(=O)C1=C(O)/C(=C/c2ccco2)CC1. The number of furan rings is 1. The Morgan fingerprint density at radius 2 is 2.38 bits per heavy atom. The number of allylic oxidation sites excluding steroid dienone is 1. The number of rotatable bonds is 2. The molecule has 0 saturated carbocycles. The fourth-order valence-electron chi connectivity index (χ4n) is 1.70. The Labute approximate surface area is 92.8 Å². The second-order valence-electron chi connectivity index (χ2n) is 3.50. The lowest BCUT2D eigenvalue weighted by Gasteiger charge is -1.99. The standard InChI is InChI=1S/C12H12O4/c1-15-12(14)10-5-4-8(11(10)13)7-9-3-2-6-16-9/h2-3,6-7,13H,4-5H2,1H3/b8-7+. The molecule has 0 saturated heterocycles. The molecular formula is C12H12O4. The van der Waals surface area contributed by atoms with Crippen LogP contribution < -0.4 is 0 Å². The third kappa shape index (κ3) is 1.86. The summed E-state index contributed by atoms with van der Waals surface area (Å²) < 4.78 is 9.72. The Hall–Kier alpha value is -1.97. The van der Waals surface area contributed by atoms with Gasteiger partial charge in [0.15, 0.2) is 0 Å². The van der Waals surface area contributed by atoms with Crippen LogP contribution in [0, 0.1) is 0 Å². The molecule has 0 aromatic carbocycles. The molecule has 16 heavy (non-hydrogen) atoms. The first-order chi connectivity index (χ1) is 7.72. The summed E-state index contributed by atoms with van der Waals surface area (Å²) in [6.45, 7) is 0. The quantitative estimate of drug-likeness (QED) is 0.777. The zero-order valence-electron chi connectivity index (χ0n) is 8.90. The summed E-state index contributed by atoms with van der Waals surface area (Å²) in [6.07, 6.45) is 4.41. The Bertz CT molecular complexity index is 451. The lowest BCUT2D eigenvalue weighted by molar-refractivity contribution is -0.136. The van der Waals surface area contributed by atoms with Crippen LogP contribution in [0.4, 0.5) is 0 Å². The maximum absolute atomic E-state index is 11.3. The summed E-state index contributed by atoms with van der Waals surface area (Å²) in [5.41, 5.74) is 1.04. The minimum Gasteiger partial charge on any atom is -0.507 e. The number of hydrogen-bond acceptors (Lipinski definition) is 4. The van der Waals surface area contributed by atoms with Crippen LogP contribution in [0.5, 0.6) is 0 Å². The van der Waals surface area contributed by atoms with E-state index < -0.39 is 5.97 Å². The lowest BCUT2D eigenvalue weighted by atomic mass is 10.2.